The van der Waals surface area contributed by atoms with Gasteiger partial charge in [0.15, 0.2) is 0 Å². The van der Waals surface area contributed by atoms with Gasteiger partial charge in [0, 0.05) is 32.5 Å². The second-order valence-corrected chi connectivity index (χ2v) is 5.03. The summed E-state index contributed by atoms with van der Waals surface area (Å²) in [5, 5.41) is 2.62. The van der Waals surface area contributed by atoms with Crippen LogP contribution in [0, 0.1) is 0 Å². The summed E-state index contributed by atoms with van der Waals surface area (Å²) in [5.74, 6) is 0.0361. The monoisotopic (exact) mass is 279 g/mol. The van der Waals surface area contributed by atoms with Crippen molar-refractivity contribution in [1.29, 1.82) is 0 Å². The maximum atomic E-state index is 11.3. The molecule has 1 aromatic rings. The topological polar surface area (TPSA) is 58.4 Å². The van der Waals surface area contributed by atoms with Gasteiger partial charge in [-0.05, 0) is 12.6 Å². The molecule has 0 bridgehead atoms. The number of thiocarbonyl (C=S) groups is 1. The van der Waals surface area contributed by atoms with E-state index in [9.17, 15) is 4.79 Å². The van der Waals surface area contributed by atoms with Crippen molar-refractivity contribution in [3.05, 3.63) is 35.9 Å². The van der Waals surface area contributed by atoms with Crippen molar-refractivity contribution in [2.75, 3.05) is 20.6 Å². The zero-order valence-electron chi connectivity index (χ0n) is 11.4. The first-order valence-corrected chi connectivity index (χ1v) is 6.69. The highest BCUT2D eigenvalue weighted by molar-refractivity contribution is 7.80. The van der Waals surface area contributed by atoms with E-state index in [1.54, 1.807) is 7.05 Å². The van der Waals surface area contributed by atoms with E-state index in [4.69, 9.17) is 18.0 Å². The van der Waals surface area contributed by atoms with Gasteiger partial charge in [-0.1, -0.05) is 42.5 Å². The minimum Gasteiger partial charge on any atom is -0.393 e. The van der Waals surface area contributed by atoms with Gasteiger partial charge in [0.1, 0.15) is 0 Å². The minimum absolute atomic E-state index is 0.0361. The van der Waals surface area contributed by atoms with Crippen LogP contribution in [0.3, 0.4) is 0 Å². The molecule has 0 aliphatic carbocycles. The van der Waals surface area contributed by atoms with Crippen LogP contribution in [0.5, 0.6) is 0 Å². The van der Waals surface area contributed by atoms with Crippen LogP contribution in [-0.4, -0.2) is 36.4 Å². The Morgan fingerprint density at radius 3 is 2.58 bits per heavy atom. The Morgan fingerprint density at radius 1 is 1.42 bits per heavy atom. The van der Waals surface area contributed by atoms with E-state index < -0.39 is 0 Å². The summed E-state index contributed by atoms with van der Waals surface area (Å²) < 4.78 is 0. The molecule has 1 aromatic carbocycles. The summed E-state index contributed by atoms with van der Waals surface area (Å²) in [6.07, 6.45) is 1.08. The SMILES string of the molecule is CNC(=O)CCN(C)C(CC(N)=S)c1ccccc1. The zero-order valence-corrected chi connectivity index (χ0v) is 12.2. The molecule has 0 aliphatic heterocycles. The van der Waals surface area contributed by atoms with Crippen LogP contribution in [-0.2, 0) is 4.79 Å². The Bertz CT molecular complexity index is 422. The van der Waals surface area contributed by atoms with Gasteiger partial charge in [-0.2, -0.15) is 0 Å². The molecule has 5 heteroatoms. The van der Waals surface area contributed by atoms with E-state index in [1.807, 2.05) is 25.2 Å². The molecule has 0 spiro atoms. The average molecular weight is 279 g/mol. The van der Waals surface area contributed by atoms with Crippen LogP contribution >= 0.6 is 12.2 Å². The summed E-state index contributed by atoms with van der Waals surface area (Å²) >= 11 is 5.02. The van der Waals surface area contributed by atoms with E-state index in [-0.39, 0.29) is 11.9 Å². The van der Waals surface area contributed by atoms with Gasteiger partial charge in [-0.3, -0.25) is 9.69 Å². The molecule has 104 valence electrons. The number of rotatable bonds is 7. The van der Waals surface area contributed by atoms with Gasteiger partial charge < -0.3 is 11.1 Å². The molecule has 4 nitrogen and oxygen atoms in total. The van der Waals surface area contributed by atoms with Gasteiger partial charge in [-0.15, -0.1) is 0 Å². The fraction of sp³-hybridized carbons (Fsp3) is 0.429. The molecule has 0 aromatic heterocycles. The Balaban J connectivity index is 2.73. The molecule has 0 radical (unpaired) electrons. The lowest BCUT2D eigenvalue weighted by molar-refractivity contribution is -0.120. The van der Waals surface area contributed by atoms with Crippen LogP contribution in [0.4, 0.5) is 0 Å². The first kappa shape index (κ1) is 15.6. The maximum absolute atomic E-state index is 11.3. The highest BCUT2D eigenvalue weighted by Crippen LogP contribution is 2.23. The molecule has 3 N–H and O–H groups in total. The van der Waals surface area contributed by atoms with E-state index in [0.29, 0.717) is 24.4 Å². The summed E-state index contributed by atoms with van der Waals surface area (Å²) in [4.78, 5) is 13.9. The van der Waals surface area contributed by atoms with Crippen LogP contribution in [0.1, 0.15) is 24.4 Å². The molecule has 0 saturated heterocycles. The third-order valence-electron chi connectivity index (χ3n) is 3.08. The van der Waals surface area contributed by atoms with Gasteiger partial charge >= 0.3 is 0 Å². The second kappa shape index (κ2) is 7.86. The summed E-state index contributed by atoms with van der Waals surface area (Å²) in [6.45, 7) is 0.668. The smallest absolute Gasteiger partial charge is 0.221 e. The van der Waals surface area contributed by atoms with Crippen molar-refractivity contribution < 1.29 is 4.79 Å². The number of benzene rings is 1. The Morgan fingerprint density at radius 2 is 2.05 bits per heavy atom. The van der Waals surface area contributed by atoms with Gasteiger partial charge in [0.2, 0.25) is 5.91 Å². The standard InChI is InChI=1S/C14H21N3OS/c1-16-14(18)8-9-17(2)12(10-13(15)19)11-6-4-3-5-7-11/h3-7,12H,8-10H2,1-2H3,(H2,15,19)(H,16,18). The van der Waals surface area contributed by atoms with Crippen molar-refractivity contribution in [1.82, 2.24) is 10.2 Å². The lowest BCUT2D eigenvalue weighted by Gasteiger charge is -2.28. The van der Waals surface area contributed by atoms with E-state index in [1.165, 1.54) is 0 Å². The molecule has 19 heavy (non-hydrogen) atoms. The fourth-order valence-electron chi connectivity index (χ4n) is 1.95. The first-order chi connectivity index (χ1) is 9.04. The molecule has 1 unspecified atom stereocenters. The Hall–Kier alpha value is -1.46. The molecule has 0 fully saturated rings. The number of hydrogen-bond acceptors (Lipinski definition) is 3. The van der Waals surface area contributed by atoms with Crippen LogP contribution in [0.15, 0.2) is 30.3 Å². The third-order valence-corrected chi connectivity index (χ3v) is 3.25. The minimum atomic E-state index is 0.0361. The molecule has 0 aliphatic rings. The van der Waals surface area contributed by atoms with Crippen LogP contribution < -0.4 is 11.1 Å². The largest absolute Gasteiger partial charge is 0.393 e. The van der Waals surface area contributed by atoms with Gasteiger partial charge in [0.05, 0.1) is 4.99 Å². The number of hydrogen-bond donors (Lipinski definition) is 2. The first-order valence-electron chi connectivity index (χ1n) is 6.28. The lowest BCUT2D eigenvalue weighted by Crippen LogP contribution is -2.32. The fourth-order valence-corrected chi connectivity index (χ4v) is 2.11. The van der Waals surface area contributed by atoms with Crippen LogP contribution in [0.25, 0.3) is 0 Å². The molecule has 1 amide bonds. The highest BCUT2D eigenvalue weighted by atomic mass is 32.1. The van der Waals surface area contributed by atoms with Crippen molar-refractivity contribution >= 4 is 23.1 Å². The summed E-state index contributed by atoms with van der Waals surface area (Å²) in [6, 6.07) is 10.2. The van der Waals surface area contributed by atoms with Crippen molar-refractivity contribution in [2.24, 2.45) is 5.73 Å². The quantitative estimate of drug-likeness (QED) is 0.742. The Kier molecular flexibility index (Phi) is 6.45. The predicted molar refractivity (Wildman–Crippen MR) is 81.9 cm³/mol. The third kappa shape index (κ3) is 5.36. The number of nitrogens with one attached hydrogen (secondary N) is 1. The van der Waals surface area contributed by atoms with Gasteiger partial charge in [-0.25, -0.2) is 0 Å². The summed E-state index contributed by atoms with van der Waals surface area (Å²) in [7, 11) is 3.63. The lowest BCUT2D eigenvalue weighted by atomic mass is 10.0. The van der Waals surface area contributed by atoms with E-state index in [2.05, 4.69) is 22.3 Å². The molecule has 0 saturated carbocycles. The predicted octanol–water partition coefficient (Wildman–Crippen LogP) is 1.47. The molecule has 0 heterocycles. The molecule has 1 atom stereocenters. The molecular formula is C14H21N3OS. The van der Waals surface area contributed by atoms with Gasteiger partial charge in [0.25, 0.3) is 0 Å². The second-order valence-electron chi connectivity index (χ2n) is 4.50. The maximum Gasteiger partial charge on any atom is 0.221 e. The molecule has 1 rings (SSSR count). The number of nitrogens with zero attached hydrogens (tertiary/aromatic N) is 1. The number of nitrogens with two attached hydrogens (primary N) is 1. The van der Waals surface area contributed by atoms with E-state index >= 15 is 0 Å². The van der Waals surface area contributed by atoms with Crippen molar-refractivity contribution in [3.63, 3.8) is 0 Å². The zero-order chi connectivity index (χ0) is 14.3. The Labute approximate surface area is 120 Å². The number of amides is 1. The van der Waals surface area contributed by atoms with Crippen molar-refractivity contribution in [2.45, 2.75) is 18.9 Å². The average Bonchev–Trinajstić information content (AvgIpc) is 2.42. The summed E-state index contributed by atoms with van der Waals surface area (Å²) in [5.41, 5.74) is 6.84. The highest BCUT2D eigenvalue weighted by Gasteiger charge is 2.18. The van der Waals surface area contributed by atoms with Crippen molar-refractivity contribution in [3.8, 4) is 0 Å². The molecular weight excluding hydrogens is 258 g/mol. The number of carbonyl (C=O) groups excluding carboxylic acids is 1. The number of carbonyl (C=O) groups is 1. The van der Waals surface area contributed by atoms with Crippen LogP contribution in [0.2, 0.25) is 0 Å². The van der Waals surface area contributed by atoms with E-state index in [0.717, 1.165) is 5.56 Å². The normalized spacial score (nSPS) is 12.2.